The highest BCUT2D eigenvalue weighted by molar-refractivity contribution is 9.10. The van der Waals surface area contributed by atoms with E-state index in [1.54, 1.807) is 0 Å². The highest BCUT2D eigenvalue weighted by atomic mass is 79.9. The van der Waals surface area contributed by atoms with Crippen molar-refractivity contribution in [1.82, 2.24) is 0 Å². The molecule has 0 amide bonds. The monoisotopic (exact) mass is 308 g/mol. The van der Waals surface area contributed by atoms with Crippen molar-refractivity contribution in [2.24, 2.45) is 11.7 Å². The Hall–Kier alpha value is -0.540. The third-order valence-electron chi connectivity index (χ3n) is 4.51. The maximum atomic E-state index is 5.72. The predicted molar refractivity (Wildman–Crippen MR) is 79.8 cm³/mol. The fourth-order valence-electron chi connectivity index (χ4n) is 3.82. The number of hydrogen-bond donors (Lipinski definition) is 1. The molecule has 2 unspecified atom stereocenters. The molecule has 2 N–H and O–H groups in total. The van der Waals surface area contributed by atoms with Crippen LogP contribution in [0.5, 0.6) is 0 Å². The molecule has 0 aromatic heterocycles. The van der Waals surface area contributed by atoms with Gasteiger partial charge in [0, 0.05) is 22.2 Å². The molecule has 1 aromatic carbocycles. The van der Waals surface area contributed by atoms with E-state index in [0.29, 0.717) is 0 Å². The van der Waals surface area contributed by atoms with E-state index in [9.17, 15) is 0 Å². The Morgan fingerprint density at radius 3 is 2.56 bits per heavy atom. The van der Waals surface area contributed by atoms with E-state index in [0.717, 1.165) is 24.5 Å². The lowest BCUT2D eigenvalue weighted by Crippen LogP contribution is -2.43. The van der Waals surface area contributed by atoms with Gasteiger partial charge in [-0.25, -0.2) is 0 Å². The van der Waals surface area contributed by atoms with Gasteiger partial charge in [0.2, 0.25) is 0 Å². The van der Waals surface area contributed by atoms with E-state index in [2.05, 4.69) is 45.1 Å². The first-order valence-electron chi connectivity index (χ1n) is 7.02. The molecule has 98 valence electrons. The Morgan fingerprint density at radius 2 is 1.94 bits per heavy atom. The van der Waals surface area contributed by atoms with Crippen LogP contribution in [-0.4, -0.2) is 18.6 Å². The van der Waals surface area contributed by atoms with E-state index >= 15 is 0 Å². The van der Waals surface area contributed by atoms with Crippen molar-refractivity contribution in [3.63, 3.8) is 0 Å². The van der Waals surface area contributed by atoms with Crippen molar-refractivity contribution in [1.29, 1.82) is 0 Å². The first-order chi connectivity index (χ1) is 8.78. The number of benzene rings is 1. The second-order valence-electron chi connectivity index (χ2n) is 5.69. The van der Waals surface area contributed by atoms with Gasteiger partial charge in [0.25, 0.3) is 0 Å². The molecule has 0 radical (unpaired) electrons. The Kier molecular flexibility index (Phi) is 3.62. The number of hydrogen-bond acceptors (Lipinski definition) is 2. The largest absolute Gasteiger partial charge is 0.366 e. The fourth-order valence-corrected chi connectivity index (χ4v) is 4.21. The Bertz CT molecular complexity index is 407. The quantitative estimate of drug-likeness (QED) is 0.925. The summed E-state index contributed by atoms with van der Waals surface area (Å²) in [5.41, 5.74) is 7.11. The minimum absolute atomic E-state index is 0.745. The Morgan fingerprint density at radius 1 is 1.22 bits per heavy atom. The molecule has 2 aliphatic rings. The molecule has 3 heteroatoms. The summed E-state index contributed by atoms with van der Waals surface area (Å²) in [5, 5.41) is 0. The highest BCUT2D eigenvalue weighted by Gasteiger charge is 2.40. The van der Waals surface area contributed by atoms with Gasteiger partial charge in [-0.1, -0.05) is 22.0 Å². The van der Waals surface area contributed by atoms with Gasteiger partial charge in [-0.2, -0.15) is 0 Å². The van der Waals surface area contributed by atoms with Crippen molar-refractivity contribution in [3.8, 4) is 0 Å². The number of rotatable bonds is 3. The van der Waals surface area contributed by atoms with Crippen LogP contribution in [0.2, 0.25) is 0 Å². The SMILES string of the molecule is NCCC1CC2CCC(C1)N2c1cccc(Br)c1. The van der Waals surface area contributed by atoms with Crippen molar-refractivity contribution in [3.05, 3.63) is 28.7 Å². The maximum absolute atomic E-state index is 5.72. The summed E-state index contributed by atoms with van der Waals surface area (Å²) in [7, 11) is 0. The second-order valence-corrected chi connectivity index (χ2v) is 6.60. The summed E-state index contributed by atoms with van der Waals surface area (Å²) < 4.78 is 1.18. The topological polar surface area (TPSA) is 29.3 Å². The first-order valence-corrected chi connectivity index (χ1v) is 7.81. The third kappa shape index (κ3) is 2.30. The van der Waals surface area contributed by atoms with Gasteiger partial charge >= 0.3 is 0 Å². The van der Waals surface area contributed by atoms with E-state index in [-0.39, 0.29) is 0 Å². The van der Waals surface area contributed by atoms with Crippen LogP contribution in [0, 0.1) is 5.92 Å². The smallest absolute Gasteiger partial charge is 0.0382 e. The molecule has 18 heavy (non-hydrogen) atoms. The van der Waals surface area contributed by atoms with Gasteiger partial charge in [0.15, 0.2) is 0 Å². The molecule has 3 rings (SSSR count). The molecule has 2 fully saturated rings. The van der Waals surface area contributed by atoms with Gasteiger partial charge in [-0.15, -0.1) is 0 Å². The molecule has 2 atom stereocenters. The fraction of sp³-hybridized carbons (Fsp3) is 0.600. The van der Waals surface area contributed by atoms with Crippen LogP contribution in [0.25, 0.3) is 0 Å². The normalized spacial score (nSPS) is 30.8. The van der Waals surface area contributed by atoms with Crippen molar-refractivity contribution < 1.29 is 0 Å². The average molecular weight is 309 g/mol. The van der Waals surface area contributed by atoms with E-state index in [4.69, 9.17) is 5.73 Å². The Labute approximate surface area is 118 Å². The lowest BCUT2D eigenvalue weighted by atomic mass is 9.88. The summed E-state index contributed by atoms with van der Waals surface area (Å²) in [6.07, 6.45) is 6.59. The zero-order valence-electron chi connectivity index (χ0n) is 10.7. The van der Waals surface area contributed by atoms with Crippen LogP contribution in [0.4, 0.5) is 5.69 Å². The van der Waals surface area contributed by atoms with Crippen LogP contribution in [0.15, 0.2) is 28.7 Å². The Balaban J connectivity index is 1.79. The first kappa shape index (κ1) is 12.5. The number of anilines is 1. The lowest BCUT2D eigenvalue weighted by Gasteiger charge is -2.40. The van der Waals surface area contributed by atoms with Crippen LogP contribution in [0.3, 0.4) is 0 Å². The highest BCUT2D eigenvalue weighted by Crippen LogP contribution is 2.42. The molecule has 0 aliphatic carbocycles. The minimum atomic E-state index is 0.745. The molecule has 2 saturated heterocycles. The van der Waals surface area contributed by atoms with Crippen LogP contribution in [0.1, 0.15) is 32.1 Å². The molecule has 2 bridgehead atoms. The summed E-state index contributed by atoms with van der Waals surface area (Å²) >= 11 is 3.58. The van der Waals surface area contributed by atoms with Crippen LogP contribution < -0.4 is 10.6 Å². The molecule has 1 aromatic rings. The summed E-state index contributed by atoms with van der Waals surface area (Å²) in [6.45, 7) is 0.848. The van der Waals surface area contributed by atoms with Crippen molar-refractivity contribution in [2.45, 2.75) is 44.2 Å². The second kappa shape index (κ2) is 5.22. The van der Waals surface area contributed by atoms with Crippen molar-refractivity contribution >= 4 is 21.6 Å². The van der Waals surface area contributed by atoms with Gasteiger partial charge in [0.05, 0.1) is 0 Å². The number of fused-ring (bicyclic) bond motifs is 2. The zero-order chi connectivity index (χ0) is 12.5. The lowest BCUT2D eigenvalue weighted by molar-refractivity contribution is 0.326. The number of halogens is 1. The summed E-state index contributed by atoms with van der Waals surface area (Å²) in [4.78, 5) is 2.66. The van der Waals surface area contributed by atoms with Gasteiger partial charge < -0.3 is 10.6 Å². The molecule has 2 nitrogen and oxygen atoms in total. The van der Waals surface area contributed by atoms with E-state index < -0.39 is 0 Å². The predicted octanol–water partition coefficient (Wildman–Crippen LogP) is 3.55. The maximum Gasteiger partial charge on any atom is 0.0382 e. The number of nitrogens with zero attached hydrogens (tertiary/aromatic N) is 1. The van der Waals surface area contributed by atoms with Gasteiger partial charge in [-0.3, -0.25) is 0 Å². The van der Waals surface area contributed by atoms with Crippen molar-refractivity contribution in [2.75, 3.05) is 11.4 Å². The summed E-state index contributed by atoms with van der Waals surface area (Å²) in [6, 6.07) is 10.2. The molecule has 2 heterocycles. The standard InChI is InChI=1S/C15H21BrN2/c16-12-2-1-3-13(10-12)18-14-4-5-15(18)9-11(8-14)6-7-17/h1-3,10-11,14-15H,4-9,17H2. The average Bonchev–Trinajstić information content (AvgIpc) is 2.62. The van der Waals surface area contributed by atoms with Crippen LogP contribution >= 0.6 is 15.9 Å². The van der Waals surface area contributed by atoms with Gasteiger partial charge in [-0.05, 0) is 62.8 Å². The molecular weight excluding hydrogens is 288 g/mol. The third-order valence-corrected chi connectivity index (χ3v) is 5.01. The van der Waals surface area contributed by atoms with Crippen LogP contribution in [-0.2, 0) is 0 Å². The van der Waals surface area contributed by atoms with Gasteiger partial charge in [0.1, 0.15) is 0 Å². The molecule has 0 spiro atoms. The molecular formula is C15H21BrN2. The number of nitrogens with two attached hydrogens (primary N) is 1. The number of piperidine rings is 1. The van der Waals surface area contributed by atoms with E-state index in [1.807, 2.05) is 0 Å². The molecule has 2 aliphatic heterocycles. The molecule has 0 saturated carbocycles. The summed E-state index contributed by atoms with van der Waals surface area (Å²) in [5.74, 6) is 0.857. The minimum Gasteiger partial charge on any atom is -0.366 e. The van der Waals surface area contributed by atoms with E-state index in [1.165, 1.54) is 42.3 Å². The zero-order valence-corrected chi connectivity index (χ0v) is 12.3.